The summed E-state index contributed by atoms with van der Waals surface area (Å²) in [5.41, 5.74) is 0.880. The summed E-state index contributed by atoms with van der Waals surface area (Å²) in [6.07, 6.45) is 0. The average Bonchev–Trinajstić information content (AvgIpc) is 2.94. The minimum atomic E-state index is -3.63. The Morgan fingerprint density at radius 1 is 1.45 bits per heavy atom. The van der Waals surface area contributed by atoms with Crippen molar-refractivity contribution in [2.45, 2.75) is 24.9 Å². The van der Waals surface area contributed by atoms with Crippen LogP contribution in [0, 0.1) is 6.92 Å². The molecule has 2 heterocycles. The van der Waals surface area contributed by atoms with Crippen LogP contribution in [0.15, 0.2) is 25.4 Å². The normalized spacial score (nSPS) is 11.9. The summed E-state index contributed by atoms with van der Waals surface area (Å²) >= 11 is 4.55. The maximum absolute atomic E-state index is 12.2. The number of aryl methyl sites for hydroxylation is 1. The highest BCUT2D eigenvalue weighted by atomic mass is 79.9. The largest absolute Gasteiger partial charge is 0.452 e. The number of thiazole rings is 1. The molecule has 0 spiro atoms. The fourth-order valence-electron chi connectivity index (χ4n) is 1.56. The molecular formula is C11H14BrN3O3S2. The topological polar surface area (TPSA) is 84.2 Å². The Labute approximate surface area is 129 Å². The molecule has 6 nitrogen and oxygen atoms in total. The van der Waals surface area contributed by atoms with Gasteiger partial charge in [0.25, 0.3) is 0 Å². The lowest BCUT2D eigenvalue weighted by atomic mass is 10.4. The van der Waals surface area contributed by atoms with Crippen LogP contribution in [-0.2, 0) is 23.1 Å². The zero-order valence-corrected chi connectivity index (χ0v) is 14.2. The molecule has 0 saturated carbocycles. The number of hydrogen-bond acceptors (Lipinski definition) is 6. The molecule has 9 heteroatoms. The summed E-state index contributed by atoms with van der Waals surface area (Å²) in [4.78, 5) is 4.30. The molecule has 0 fully saturated rings. The van der Waals surface area contributed by atoms with Gasteiger partial charge in [0.05, 0.1) is 13.1 Å². The van der Waals surface area contributed by atoms with Crippen LogP contribution in [-0.4, -0.2) is 20.4 Å². The number of aromatic nitrogens is 1. The Morgan fingerprint density at radius 2 is 2.20 bits per heavy atom. The molecule has 0 aliphatic carbocycles. The molecule has 20 heavy (non-hydrogen) atoms. The summed E-state index contributed by atoms with van der Waals surface area (Å²) in [5, 5.41) is 5.50. The van der Waals surface area contributed by atoms with Crippen molar-refractivity contribution in [1.82, 2.24) is 15.0 Å². The van der Waals surface area contributed by atoms with Crippen molar-refractivity contribution in [3.05, 3.63) is 32.6 Å². The van der Waals surface area contributed by atoms with Gasteiger partial charge < -0.3 is 9.73 Å². The molecule has 2 N–H and O–H groups in total. The maximum atomic E-state index is 12.2. The van der Waals surface area contributed by atoms with Crippen LogP contribution in [0.3, 0.4) is 0 Å². The van der Waals surface area contributed by atoms with E-state index < -0.39 is 10.0 Å². The van der Waals surface area contributed by atoms with Gasteiger partial charge in [0.1, 0.15) is 15.7 Å². The third-order valence-corrected chi connectivity index (χ3v) is 5.65. The number of nitrogens with one attached hydrogen (secondary N) is 2. The van der Waals surface area contributed by atoms with Gasteiger partial charge in [-0.05, 0) is 29.9 Å². The predicted octanol–water partition coefficient (Wildman–Crippen LogP) is 2.00. The maximum Gasteiger partial charge on any atom is 0.245 e. The highest BCUT2D eigenvalue weighted by Gasteiger charge is 2.22. The van der Waals surface area contributed by atoms with Crippen LogP contribution in [0.4, 0.5) is 0 Å². The van der Waals surface area contributed by atoms with Gasteiger partial charge in [-0.2, -0.15) is 0 Å². The number of sulfonamides is 1. The Hall–Kier alpha value is -0.740. The molecule has 0 aliphatic rings. The summed E-state index contributed by atoms with van der Waals surface area (Å²) < 4.78 is 32.4. The minimum absolute atomic E-state index is 0.0935. The van der Waals surface area contributed by atoms with Gasteiger partial charge in [0.2, 0.25) is 10.0 Å². The molecule has 0 aromatic carbocycles. The average molecular weight is 380 g/mol. The van der Waals surface area contributed by atoms with Gasteiger partial charge in [0.15, 0.2) is 4.67 Å². The van der Waals surface area contributed by atoms with Crippen molar-refractivity contribution in [2.24, 2.45) is 0 Å². The summed E-state index contributed by atoms with van der Waals surface area (Å²) in [5.74, 6) is 0.546. The number of hydrogen-bond donors (Lipinski definition) is 2. The van der Waals surface area contributed by atoms with E-state index in [1.807, 2.05) is 12.3 Å². The molecule has 0 amide bonds. The Bertz CT molecular complexity index is 694. The van der Waals surface area contributed by atoms with E-state index in [4.69, 9.17) is 4.42 Å². The Kier molecular flexibility index (Phi) is 4.97. The molecule has 0 atom stereocenters. The van der Waals surface area contributed by atoms with Crippen molar-refractivity contribution >= 4 is 37.3 Å². The van der Waals surface area contributed by atoms with Crippen LogP contribution in [0.5, 0.6) is 0 Å². The first-order valence-electron chi connectivity index (χ1n) is 5.76. The van der Waals surface area contributed by atoms with Crippen molar-refractivity contribution < 1.29 is 12.8 Å². The minimum Gasteiger partial charge on any atom is -0.452 e. The van der Waals surface area contributed by atoms with Crippen molar-refractivity contribution in [3.63, 3.8) is 0 Å². The SMILES string of the molecule is CNCc1cc(S(=O)(=O)NCc2nc(C)cs2)c(Br)o1. The zero-order valence-electron chi connectivity index (χ0n) is 10.9. The van der Waals surface area contributed by atoms with E-state index in [-0.39, 0.29) is 16.1 Å². The van der Waals surface area contributed by atoms with Crippen LogP contribution in [0.2, 0.25) is 0 Å². The van der Waals surface area contributed by atoms with Gasteiger partial charge in [-0.1, -0.05) is 0 Å². The van der Waals surface area contributed by atoms with E-state index in [1.54, 1.807) is 7.05 Å². The molecule has 2 rings (SSSR count). The van der Waals surface area contributed by atoms with Crippen molar-refractivity contribution in [1.29, 1.82) is 0 Å². The van der Waals surface area contributed by atoms with Crippen LogP contribution in [0.25, 0.3) is 0 Å². The van der Waals surface area contributed by atoms with E-state index in [2.05, 4.69) is 31.0 Å². The molecule has 2 aromatic heterocycles. The Morgan fingerprint density at radius 3 is 2.80 bits per heavy atom. The van der Waals surface area contributed by atoms with Gasteiger partial charge in [0, 0.05) is 17.1 Å². The lowest BCUT2D eigenvalue weighted by Crippen LogP contribution is -2.23. The number of nitrogens with zero attached hydrogens (tertiary/aromatic N) is 1. The monoisotopic (exact) mass is 379 g/mol. The summed E-state index contributed by atoms with van der Waals surface area (Å²) in [6, 6.07) is 1.50. The molecule has 0 radical (unpaired) electrons. The number of rotatable bonds is 6. The third kappa shape index (κ3) is 3.67. The summed E-state index contributed by atoms with van der Waals surface area (Å²) in [6.45, 7) is 2.49. The van der Waals surface area contributed by atoms with Crippen LogP contribution in [0.1, 0.15) is 16.5 Å². The second-order valence-corrected chi connectivity index (χ2v) is 7.49. The van der Waals surface area contributed by atoms with E-state index in [0.717, 1.165) is 10.7 Å². The van der Waals surface area contributed by atoms with Gasteiger partial charge in [-0.15, -0.1) is 11.3 Å². The highest BCUT2D eigenvalue weighted by molar-refractivity contribution is 9.10. The lowest BCUT2D eigenvalue weighted by molar-refractivity contribution is 0.470. The quantitative estimate of drug-likeness (QED) is 0.801. The predicted molar refractivity (Wildman–Crippen MR) is 80.0 cm³/mol. The van der Waals surface area contributed by atoms with E-state index in [1.165, 1.54) is 17.4 Å². The molecule has 0 aliphatic heterocycles. The van der Waals surface area contributed by atoms with Gasteiger partial charge in [-0.25, -0.2) is 18.1 Å². The first-order chi connectivity index (χ1) is 9.42. The molecule has 0 bridgehead atoms. The molecule has 110 valence electrons. The van der Waals surface area contributed by atoms with Crippen molar-refractivity contribution in [2.75, 3.05) is 7.05 Å². The molecule has 2 aromatic rings. The second-order valence-electron chi connectivity index (χ2n) is 4.09. The molecule has 0 saturated heterocycles. The van der Waals surface area contributed by atoms with E-state index in [9.17, 15) is 8.42 Å². The van der Waals surface area contributed by atoms with Crippen molar-refractivity contribution in [3.8, 4) is 0 Å². The van der Waals surface area contributed by atoms with Gasteiger partial charge in [-0.3, -0.25) is 0 Å². The zero-order chi connectivity index (χ0) is 14.8. The summed E-state index contributed by atoms with van der Waals surface area (Å²) in [7, 11) is -1.87. The van der Waals surface area contributed by atoms with E-state index in [0.29, 0.717) is 12.3 Å². The first-order valence-corrected chi connectivity index (χ1v) is 8.91. The molecular weight excluding hydrogens is 366 g/mol. The third-order valence-electron chi connectivity index (χ3n) is 2.43. The number of furan rings is 1. The van der Waals surface area contributed by atoms with E-state index >= 15 is 0 Å². The number of halogens is 1. The fourth-order valence-corrected chi connectivity index (χ4v) is 4.35. The molecule has 0 unspecified atom stereocenters. The van der Waals surface area contributed by atoms with Crippen LogP contribution < -0.4 is 10.0 Å². The standard InChI is InChI=1S/C11H14BrN3O3S2/c1-7-6-19-10(15-7)5-14-20(16,17)9-3-8(4-13-2)18-11(9)12/h3,6,13-14H,4-5H2,1-2H3. The smallest absolute Gasteiger partial charge is 0.245 e. The first kappa shape index (κ1) is 15.6. The lowest BCUT2D eigenvalue weighted by Gasteiger charge is -2.02. The van der Waals surface area contributed by atoms with Crippen LogP contribution >= 0.6 is 27.3 Å². The highest BCUT2D eigenvalue weighted by Crippen LogP contribution is 2.26. The fraction of sp³-hybridized carbons (Fsp3) is 0.364. The second kappa shape index (κ2) is 6.35. The Balaban J connectivity index is 2.13. The van der Waals surface area contributed by atoms with Gasteiger partial charge >= 0.3 is 0 Å².